The van der Waals surface area contributed by atoms with E-state index in [1.54, 1.807) is 6.20 Å². The van der Waals surface area contributed by atoms with Crippen LogP contribution in [0.25, 0.3) is 0 Å². The summed E-state index contributed by atoms with van der Waals surface area (Å²) in [7, 11) is 0. The highest BCUT2D eigenvalue weighted by atomic mass is 16.4. The molecule has 0 aliphatic carbocycles. The molecule has 2 N–H and O–H groups in total. The average molecular weight is 309 g/mol. The molecule has 1 aromatic heterocycles. The van der Waals surface area contributed by atoms with Gasteiger partial charge in [-0.15, -0.1) is 0 Å². The number of carboxylic acids is 1. The maximum Gasteiger partial charge on any atom is 0.308 e. The summed E-state index contributed by atoms with van der Waals surface area (Å²) >= 11 is 0. The van der Waals surface area contributed by atoms with Gasteiger partial charge in [0.1, 0.15) is 0 Å². The van der Waals surface area contributed by atoms with Crippen LogP contribution in [0.4, 0.5) is 0 Å². The lowest BCUT2D eigenvalue weighted by molar-refractivity contribution is -0.141. The average Bonchev–Trinajstić information content (AvgIpc) is 2.86. The van der Waals surface area contributed by atoms with Crippen LogP contribution in [-0.2, 0) is 4.79 Å². The minimum Gasteiger partial charge on any atom is -0.481 e. The Morgan fingerprint density at radius 1 is 1.32 bits per heavy atom. The lowest BCUT2D eigenvalue weighted by atomic mass is 10.0. The summed E-state index contributed by atoms with van der Waals surface area (Å²) in [5.74, 6) is -1.66. The third kappa shape index (κ3) is 4.32. The fraction of sp³-hybridized carbons (Fsp3) is 0.688. The predicted octanol–water partition coefficient (Wildman–Crippen LogP) is 2.78. The third-order valence-corrected chi connectivity index (χ3v) is 4.07. The fourth-order valence-corrected chi connectivity index (χ4v) is 2.62. The minimum absolute atomic E-state index is 0.150. The Bertz CT molecular complexity index is 507. The normalized spacial score (nSPS) is 12.4. The third-order valence-electron chi connectivity index (χ3n) is 4.07. The largest absolute Gasteiger partial charge is 0.481 e. The summed E-state index contributed by atoms with van der Waals surface area (Å²) in [4.78, 5) is 23.4. The standard InChI is InChI=1S/C16H27N3O3/c1-5-8-12(16(21)22)9-17-15(20)14-10-18-19(11(14)4)13(6-2)7-3/h10,12-13H,5-9H2,1-4H3,(H,17,20)(H,21,22). The lowest BCUT2D eigenvalue weighted by Gasteiger charge is -2.16. The molecule has 1 rings (SSSR count). The number of aliphatic carboxylic acids is 1. The molecule has 0 saturated heterocycles. The number of amides is 1. The van der Waals surface area contributed by atoms with Gasteiger partial charge < -0.3 is 10.4 Å². The fourth-order valence-electron chi connectivity index (χ4n) is 2.62. The number of nitrogens with one attached hydrogen (secondary N) is 1. The van der Waals surface area contributed by atoms with E-state index < -0.39 is 11.9 Å². The van der Waals surface area contributed by atoms with Crippen LogP contribution >= 0.6 is 0 Å². The first-order valence-corrected chi connectivity index (χ1v) is 8.01. The maximum absolute atomic E-state index is 12.3. The van der Waals surface area contributed by atoms with E-state index in [2.05, 4.69) is 24.3 Å². The lowest BCUT2D eigenvalue weighted by Crippen LogP contribution is -2.33. The molecule has 0 radical (unpaired) electrons. The van der Waals surface area contributed by atoms with Gasteiger partial charge in [0.25, 0.3) is 5.91 Å². The first kappa shape index (κ1) is 18.2. The van der Waals surface area contributed by atoms with Crippen LogP contribution in [0.2, 0.25) is 0 Å². The first-order valence-electron chi connectivity index (χ1n) is 8.01. The van der Waals surface area contributed by atoms with Gasteiger partial charge in [0.15, 0.2) is 0 Å². The molecule has 0 aliphatic heterocycles. The Morgan fingerprint density at radius 3 is 2.45 bits per heavy atom. The Morgan fingerprint density at radius 2 is 1.95 bits per heavy atom. The summed E-state index contributed by atoms with van der Waals surface area (Å²) in [6.07, 6.45) is 4.81. The molecule has 6 heteroatoms. The summed E-state index contributed by atoms with van der Waals surface area (Å²) in [6, 6.07) is 0.286. The van der Waals surface area contributed by atoms with E-state index in [4.69, 9.17) is 5.11 Å². The van der Waals surface area contributed by atoms with Crippen molar-refractivity contribution >= 4 is 11.9 Å². The van der Waals surface area contributed by atoms with Crippen LogP contribution in [-0.4, -0.2) is 33.3 Å². The monoisotopic (exact) mass is 309 g/mol. The highest BCUT2D eigenvalue weighted by Crippen LogP contribution is 2.19. The Kier molecular flexibility index (Phi) is 7.08. The van der Waals surface area contributed by atoms with Gasteiger partial charge in [0, 0.05) is 12.2 Å². The zero-order chi connectivity index (χ0) is 16.7. The number of carboxylic acid groups (broad SMARTS) is 1. The van der Waals surface area contributed by atoms with Gasteiger partial charge >= 0.3 is 5.97 Å². The van der Waals surface area contributed by atoms with Gasteiger partial charge in [-0.25, -0.2) is 0 Å². The second-order valence-electron chi connectivity index (χ2n) is 5.59. The molecular formula is C16H27N3O3. The van der Waals surface area contributed by atoms with Gasteiger partial charge in [-0.05, 0) is 26.2 Å². The Hall–Kier alpha value is -1.85. The Labute approximate surface area is 131 Å². The second-order valence-corrected chi connectivity index (χ2v) is 5.59. The van der Waals surface area contributed by atoms with Crippen molar-refractivity contribution in [2.24, 2.45) is 5.92 Å². The molecule has 1 atom stereocenters. The number of carbonyl (C=O) groups is 2. The van der Waals surface area contributed by atoms with Crippen molar-refractivity contribution in [1.82, 2.24) is 15.1 Å². The quantitative estimate of drug-likeness (QED) is 0.734. The molecule has 1 amide bonds. The van der Waals surface area contributed by atoms with Crippen molar-refractivity contribution < 1.29 is 14.7 Å². The zero-order valence-electron chi connectivity index (χ0n) is 13.9. The van der Waals surface area contributed by atoms with Crippen molar-refractivity contribution in [3.05, 3.63) is 17.5 Å². The van der Waals surface area contributed by atoms with Crippen LogP contribution in [0.5, 0.6) is 0 Å². The van der Waals surface area contributed by atoms with Crippen LogP contribution in [0.3, 0.4) is 0 Å². The van der Waals surface area contributed by atoms with Crippen LogP contribution in [0.1, 0.15) is 68.5 Å². The van der Waals surface area contributed by atoms with Gasteiger partial charge in [-0.1, -0.05) is 27.2 Å². The first-order chi connectivity index (χ1) is 10.5. The predicted molar refractivity (Wildman–Crippen MR) is 85.0 cm³/mol. The number of hydrogen-bond donors (Lipinski definition) is 2. The van der Waals surface area contributed by atoms with E-state index in [0.29, 0.717) is 12.0 Å². The van der Waals surface area contributed by atoms with E-state index in [-0.39, 0.29) is 18.5 Å². The molecule has 6 nitrogen and oxygen atoms in total. The van der Waals surface area contributed by atoms with Gasteiger partial charge in [0.2, 0.25) is 0 Å². The van der Waals surface area contributed by atoms with Gasteiger partial charge in [-0.3, -0.25) is 14.3 Å². The van der Waals surface area contributed by atoms with Crippen molar-refractivity contribution in [2.45, 2.75) is 59.4 Å². The SMILES string of the molecule is CCCC(CNC(=O)c1cnn(C(CC)CC)c1C)C(=O)O. The van der Waals surface area contributed by atoms with Crippen molar-refractivity contribution in [3.63, 3.8) is 0 Å². The van der Waals surface area contributed by atoms with Gasteiger partial charge in [-0.2, -0.15) is 5.10 Å². The number of hydrogen-bond acceptors (Lipinski definition) is 3. The number of carbonyl (C=O) groups excluding carboxylic acids is 1. The van der Waals surface area contributed by atoms with E-state index in [1.807, 2.05) is 18.5 Å². The van der Waals surface area contributed by atoms with Crippen LogP contribution in [0.15, 0.2) is 6.20 Å². The molecule has 0 bridgehead atoms. The molecule has 1 unspecified atom stereocenters. The molecule has 0 saturated carbocycles. The molecule has 1 aromatic rings. The topological polar surface area (TPSA) is 84.2 Å². The molecule has 0 spiro atoms. The van der Waals surface area contributed by atoms with E-state index >= 15 is 0 Å². The van der Waals surface area contributed by atoms with Crippen molar-refractivity contribution in [1.29, 1.82) is 0 Å². The van der Waals surface area contributed by atoms with E-state index in [0.717, 1.165) is 25.0 Å². The highest BCUT2D eigenvalue weighted by molar-refractivity contribution is 5.95. The minimum atomic E-state index is -0.869. The molecule has 0 aromatic carbocycles. The van der Waals surface area contributed by atoms with Crippen molar-refractivity contribution in [2.75, 3.05) is 6.54 Å². The number of rotatable bonds is 9. The summed E-state index contributed by atoms with van der Waals surface area (Å²) < 4.78 is 1.88. The van der Waals surface area contributed by atoms with E-state index in [1.165, 1.54) is 0 Å². The Balaban J connectivity index is 2.76. The summed E-state index contributed by atoms with van der Waals surface area (Å²) in [5.41, 5.74) is 1.35. The molecular weight excluding hydrogens is 282 g/mol. The molecule has 1 heterocycles. The van der Waals surface area contributed by atoms with Crippen molar-refractivity contribution in [3.8, 4) is 0 Å². The van der Waals surface area contributed by atoms with Crippen LogP contribution < -0.4 is 5.32 Å². The maximum atomic E-state index is 12.3. The number of aromatic nitrogens is 2. The summed E-state index contributed by atoms with van der Waals surface area (Å²) in [5, 5.41) is 16.2. The zero-order valence-corrected chi connectivity index (χ0v) is 13.9. The van der Waals surface area contributed by atoms with Gasteiger partial charge in [0.05, 0.1) is 23.7 Å². The second kappa shape index (κ2) is 8.56. The molecule has 22 heavy (non-hydrogen) atoms. The summed E-state index contributed by atoms with van der Waals surface area (Å²) in [6.45, 7) is 8.15. The highest BCUT2D eigenvalue weighted by Gasteiger charge is 2.21. The molecule has 124 valence electrons. The number of nitrogens with zero attached hydrogens (tertiary/aromatic N) is 2. The molecule has 0 fully saturated rings. The smallest absolute Gasteiger partial charge is 0.308 e. The van der Waals surface area contributed by atoms with E-state index in [9.17, 15) is 9.59 Å². The molecule has 0 aliphatic rings. The van der Waals surface area contributed by atoms with Crippen LogP contribution in [0, 0.1) is 12.8 Å².